The maximum Gasteiger partial charge on any atom is 0.251 e. The van der Waals surface area contributed by atoms with Crippen molar-refractivity contribution in [3.63, 3.8) is 0 Å². The second-order valence-corrected chi connectivity index (χ2v) is 9.48. The molecular weight excluding hydrogens is 460 g/mol. The molecule has 1 aliphatic rings. The fourth-order valence-electron chi connectivity index (χ4n) is 4.57. The number of carbonyl (C=O) groups is 2. The highest BCUT2D eigenvalue weighted by Crippen LogP contribution is 2.20. The Bertz CT molecular complexity index is 1170. The molecule has 2 amide bonds. The molecule has 1 heterocycles. The fraction of sp³-hybridized carbons (Fsp3) is 0.357. The van der Waals surface area contributed by atoms with Crippen LogP contribution in [0.2, 0.25) is 5.02 Å². The van der Waals surface area contributed by atoms with Gasteiger partial charge in [-0.05, 0) is 67.4 Å². The summed E-state index contributed by atoms with van der Waals surface area (Å²) in [4.78, 5) is 28.2. The first-order valence-electron chi connectivity index (χ1n) is 12.2. The van der Waals surface area contributed by atoms with Crippen LogP contribution in [0.25, 0.3) is 10.8 Å². The summed E-state index contributed by atoms with van der Waals surface area (Å²) in [7, 11) is 1.91. The molecule has 0 radical (unpaired) electrons. The quantitative estimate of drug-likeness (QED) is 0.395. The molecule has 3 aromatic carbocycles. The van der Waals surface area contributed by atoms with Crippen molar-refractivity contribution in [1.82, 2.24) is 20.9 Å². The van der Waals surface area contributed by atoms with Gasteiger partial charge in [0.15, 0.2) is 0 Å². The van der Waals surface area contributed by atoms with Gasteiger partial charge >= 0.3 is 0 Å². The summed E-state index contributed by atoms with van der Waals surface area (Å²) in [6, 6.07) is 21.1. The van der Waals surface area contributed by atoms with E-state index in [4.69, 9.17) is 11.6 Å². The highest BCUT2D eigenvalue weighted by molar-refractivity contribution is 6.31. The molecule has 1 saturated heterocycles. The predicted octanol–water partition coefficient (Wildman–Crippen LogP) is 3.98. The molecule has 184 valence electrons. The molecule has 0 spiro atoms. The molecule has 3 N–H and O–H groups in total. The normalized spacial score (nSPS) is 18.5. The van der Waals surface area contributed by atoms with Crippen LogP contribution in [0.5, 0.6) is 0 Å². The Hall–Kier alpha value is -2.93. The monoisotopic (exact) mass is 492 g/mol. The zero-order chi connectivity index (χ0) is 24.6. The zero-order valence-electron chi connectivity index (χ0n) is 20.1. The fourth-order valence-corrected chi connectivity index (χ4v) is 4.77. The van der Waals surface area contributed by atoms with Gasteiger partial charge in [0.25, 0.3) is 5.91 Å². The van der Waals surface area contributed by atoms with Crippen LogP contribution in [-0.4, -0.2) is 55.5 Å². The molecule has 2 unspecified atom stereocenters. The smallest absolute Gasteiger partial charge is 0.251 e. The van der Waals surface area contributed by atoms with Gasteiger partial charge in [-0.25, -0.2) is 0 Å². The number of nitrogens with one attached hydrogen (secondary N) is 3. The van der Waals surface area contributed by atoms with Crippen molar-refractivity contribution >= 4 is 34.2 Å². The summed E-state index contributed by atoms with van der Waals surface area (Å²) in [5.41, 5.74) is 1.58. The van der Waals surface area contributed by atoms with Crippen LogP contribution in [0.15, 0.2) is 66.7 Å². The molecule has 4 rings (SSSR count). The Morgan fingerprint density at radius 1 is 1.09 bits per heavy atom. The summed E-state index contributed by atoms with van der Waals surface area (Å²) in [5.74, 6) is -0.0165. The van der Waals surface area contributed by atoms with E-state index in [-0.39, 0.29) is 23.9 Å². The van der Waals surface area contributed by atoms with Crippen molar-refractivity contribution in [2.75, 3.05) is 26.7 Å². The largest absolute Gasteiger partial charge is 0.350 e. The molecule has 0 saturated carbocycles. The third-order valence-electron chi connectivity index (χ3n) is 6.55. The number of amides is 2. The second kappa shape index (κ2) is 12.2. The Morgan fingerprint density at radius 3 is 2.66 bits per heavy atom. The van der Waals surface area contributed by atoms with Gasteiger partial charge in [0.1, 0.15) is 0 Å². The summed E-state index contributed by atoms with van der Waals surface area (Å²) in [6.45, 7) is 2.40. The summed E-state index contributed by atoms with van der Waals surface area (Å²) in [6.07, 6.45) is 2.36. The number of halogens is 1. The van der Waals surface area contributed by atoms with Crippen molar-refractivity contribution in [1.29, 1.82) is 0 Å². The van der Waals surface area contributed by atoms with E-state index in [1.807, 2.05) is 78.7 Å². The topological polar surface area (TPSA) is 73.5 Å². The van der Waals surface area contributed by atoms with Crippen molar-refractivity contribution < 1.29 is 9.59 Å². The zero-order valence-corrected chi connectivity index (χ0v) is 20.9. The van der Waals surface area contributed by atoms with Gasteiger partial charge < -0.3 is 20.9 Å². The summed E-state index contributed by atoms with van der Waals surface area (Å²) >= 11 is 6.37. The first-order valence-corrected chi connectivity index (χ1v) is 12.6. The lowest BCUT2D eigenvalue weighted by Gasteiger charge is -2.25. The number of rotatable bonds is 9. The van der Waals surface area contributed by atoms with Crippen LogP contribution >= 0.6 is 11.6 Å². The van der Waals surface area contributed by atoms with Crippen LogP contribution in [0.1, 0.15) is 35.2 Å². The van der Waals surface area contributed by atoms with Crippen LogP contribution in [0.3, 0.4) is 0 Å². The number of hydrogen-bond donors (Lipinski definition) is 3. The Morgan fingerprint density at radius 2 is 1.86 bits per heavy atom. The first kappa shape index (κ1) is 25.2. The minimum Gasteiger partial charge on any atom is -0.350 e. The third kappa shape index (κ3) is 6.60. The van der Waals surface area contributed by atoms with Crippen molar-refractivity contribution in [3.05, 3.63) is 82.9 Å². The van der Waals surface area contributed by atoms with Crippen LogP contribution in [0.4, 0.5) is 0 Å². The minimum absolute atomic E-state index is 0.000752. The van der Waals surface area contributed by atoms with E-state index in [1.165, 1.54) is 0 Å². The van der Waals surface area contributed by atoms with E-state index in [9.17, 15) is 9.59 Å². The first-order chi connectivity index (χ1) is 17.0. The number of fused-ring (bicyclic) bond motifs is 1. The third-order valence-corrected chi connectivity index (χ3v) is 6.92. The van der Waals surface area contributed by atoms with Gasteiger partial charge in [0.05, 0.1) is 6.04 Å². The molecule has 7 heteroatoms. The Labute approximate surface area is 212 Å². The molecule has 0 aromatic heterocycles. The van der Waals surface area contributed by atoms with Crippen LogP contribution in [-0.2, 0) is 11.3 Å². The second-order valence-electron chi connectivity index (χ2n) is 9.07. The van der Waals surface area contributed by atoms with E-state index < -0.39 is 0 Å². The van der Waals surface area contributed by atoms with Crippen LogP contribution < -0.4 is 16.0 Å². The average molecular weight is 493 g/mol. The Balaban J connectivity index is 1.42. The van der Waals surface area contributed by atoms with Gasteiger partial charge in [0, 0.05) is 36.3 Å². The highest BCUT2D eigenvalue weighted by atomic mass is 35.5. The van der Waals surface area contributed by atoms with Gasteiger partial charge in [-0.1, -0.05) is 60.1 Å². The number of benzene rings is 3. The molecule has 0 bridgehead atoms. The maximum absolute atomic E-state index is 13.4. The van der Waals surface area contributed by atoms with Crippen molar-refractivity contribution in [2.24, 2.45) is 0 Å². The van der Waals surface area contributed by atoms with E-state index in [0.717, 1.165) is 42.1 Å². The molecular formula is C28H33ClN4O2. The SMILES string of the molecule is CNCCCC1NC(CNC(=O)c2ccc3ccccc3c2)CCN(Cc2ccccc2Cl)C1=O. The molecule has 35 heavy (non-hydrogen) atoms. The molecule has 0 aliphatic carbocycles. The molecule has 1 fully saturated rings. The lowest BCUT2D eigenvalue weighted by Crippen LogP contribution is -2.48. The van der Waals surface area contributed by atoms with E-state index in [1.54, 1.807) is 0 Å². The molecule has 3 aromatic rings. The standard InChI is InChI=1S/C28H33ClN4O2/c1-30-15-6-11-26-28(35)33(19-23-9-4-5-10-25(23)29)16-14-24(32-26)18-31-27(34)22-13-12-20-7-2-3-8-21(20)17-22/h2-5,7-10,12-13,17,24,26,30,32H,6,11,14-16,18-19H2,1H3,(H,31,34). The Kier molecular flexibility index (Phi) is 8.74. The average Bonchev–Trinajstić information content (AvgIpc) is 3.02. The van der Waals surface area contributed by atoms with Gasteiger partial charge in [-0.3, -0.25) is 9.59 Å². The van der Waals surface area contributed by atoms with Gasteiger partial charge in [-0.2, -0.15) is 0 Å². The van der Waals surface area contributed by atoms with Crippen LogP contribution in [0, 0.1) is 0 Å². The van der Waals surface area contributed by atoms with E-state index >= 15 is 0 Å². The van der Waals surface area contributed by atoms with Gasteiger partial charge in [0.2, 0.25) is 5.91 Å². The molecule has 1 aliphatic heterocycles. The van der Waals surface area contributed by atoms with E-state index in [2.05, 4.69) is 16.0 Å². The van der Waals surface area contributed by atoms with E-state index in [0.29, 0.717) is 30.2 Å². The number of carbonyl (C=O) groups excluding carboxylic acids is 2. The van der Waals surface area contributed by atoms with Gasteiger partial charge in [-0.15, -0.1) is 0 Å². The van der Waals surface area contributed by atoms with Crippen molar-refractivity contribution in [2.45, 2.75) is 37.9 Å². The maximum atomic E-state index is 13.4. The number of nitrogens with zero attached hydrogens (tertiary/aromatic N) is 1. The summed E-state index contributed by atoms with van der Waals surface area (Å²) in [5, 5.41) is 12.6. The lowest BCUT2D eigenvalue weighted by molar-refractivity contribution is -0.133. The highest BCUT2D eigenvalue weighted by Gasteiger charge is 2.31. The molecule has 2 atom stereocenters. The lowest BCUT2D eigenvalue weighted by atomic mass is 10.1. The molecule has 6 nitrogen and oxygen atoms in total. The summed E-state index contributed by atoms with van der Waals surface area (Å²) < 4.78 is 0. The number of hydrogen-bond acceptors (Lipinski definition) is 4. The minimum atomic E-state index is -0.295. The van der Waals surface area contributed by atoms with Crippen molar-refractivity contribution in [3.8, 4) is 0 Å². The predicted molar refractivity (Wildman–Crippen MR) is 142 cm³/mol.